The molecule has 0 heterocycles. The molecule has 0 radical (unpaired) electrons. The maximum Gasteiger partial charge on any atom is 0.328 e. The minimum absolute atomic E-state index is 0.00360. The average molecular weight is 803 g/mol. The van der Waals surface area contributed by atoms with Crippen LogP contribution in [-0.4, -0.2) is 143 Å². The third-order valence-electron chi connectivity index (χ3n) is 7.97. The predicted molar refractivity (Wildman–Crippen MR) is 202 cm³/mol. The van der Waals surface area contributed by atoms with Gasteiger partial charge in [-0.25, -0.2) is 4.79 Å². The lowest BCUT2D eigenvalue weighted by atomic mass is 10.0. The normalized spacial score (nSPS) is 14.2. The Labute approximate surface area is 326 Å². The Bertz CT molecular complexity index is 1340. The maximum absolute atomic E-state index is 13.6. The summed E-state index contributed by atoms with van der Waals surface area (Å²) in [5.41, 5.74) is 10.8. The molecule has 0 aliphatic carbocycles. The molecule has 0 fully saturated rings. The standard InChI is InChI=1S/C34H62N10O12/c1-6-8-20(29(51)43-23(15-45)28(50)38-14-27(49)40-24(16-46)32(54)44-25(17-47)33(55)56)41-30(52)21(9-7-12-37-34(35)36)42-31(53)22(13-19(4)5)39-26(48)11-10-18(2)3/h18-25,45-47H,6-17H2,1-5H3,(H,38,50)(H,39,48)(H,40,49)(H,41,52)(H,42,53)(H,43,51)(H,44,54)(H,55,56)(H4,35,36,37)/t20?,21?,22?,23-,24-,25?/m0/s1. The molecule has 4 unspecified atom stereocenters. The molecule has 7 amide bonds. The molecule has 15 N–H and O–H groups in total. The highest BCUT2D eigenvalue weighted by molar-refractivity contribution is 5.96. The van der Waals surface area contributed by atoms with Gasteiger partial charge in [0.25, 0.3) is 0 Å². The Morgan fingerprint density at radius 2 is 1.04 bits per heavy atom. The molecule has 320 valence electrons. The summed E-state index contributed by atoms with van der Waals surface area (Å²) in [7, 11) is 0. The van der Waals surface area contributed by atoms with Crippen molar-refractivity contribution >= 4 is 53.3 Å². The molecule has 0 spiro atoms. The van der Waals surface area contributed by atoms with Crippen molar-refractivity contribution in [2.24, 2.45) is 28.3 Å². The number of hydrogen-bond donors (Lipinski definition) is 13. The van der Waals surface area contributed by atoms with E-state index in [0.29, 0.717) is 12.8 Å². The Balaban J connectivity index is 5.79. The zero-order chi connectivity index (χ0) is 43.0. The summed E-state index contributed by atoms with van der Waals surface area (Å²) in [4.78, 5) is 105. The highest BCUT2D eigenvalue weighted by Crippen LogP contribution is 2.10. The highest BCUT2D eigenvalue weighted by Gasteiger charge is 2.32. The van der Waals surface area contributed by atoms with Gasteiger partial charge in [0.2, 0.25) is 41.4 Å². The molecule has 0 rings (SSSR count). The first kappa shape index (κ1) is 50.9. The molecule has 6 atom stereocenters. The van der Waals surface area contributed by atoms with Crippen LogP contribution in [0.5, 0.6) is 0 Å². The van der Waals surface area contributed by atoms with Crippen LogP contribution >= 0.6 is 0 Å². The fourth-order valence-corrected chi connectivity index (χ4v) is 4.92. The summed E-state index contributed by atoms with van der Waals surface area (Å²) in [6.07, 6.45) is 1.83. The van der Waals surface area contributed by atoms with Gasteiger partial charge in [-0.3, -0.25) is 38.6 Å². The summed E-state index contributed by atoms with van der Waals surface area (Å²) in [6.45, 7) is 5.86. The van der Waals surface area contributed by atoms with E-state index >= 15 is 0 Å². The molecule has 22 nitrogen and oxygen atoms in total. The number of carboxylic acid groups (broad SMARTS) is 1. The van der Waals surface area contributed by atoms with Crippen LogP contribution in [0.3, 0.4) is 0 Å². The Kier molecular flexibility index (Phi) is 25.0. The van der Waals surface area contributed by atoms with Gasteiger partial charge in [-0.05, 0) is 43.9 Å². The summed E-state index contributed by atoms with van der Waals surface area (Å²) < 4.78 is 0. The van der Waals surface area contributed by atoms with Crippen molar-refractivity contribution < 1.29 is 58.8 Å². The van der Waals surface area contributed by atoms with E-state index in [1.54, 1.807) is 6.92 Å². The zero-order valence-electron chi connectivity index (χ0n) is 32.8. The van der Waals surface area contributed by atoms with Gasteiger partial charge in [-0.1, -0.05) is 41.0 Å². The van der Waals surface area contributed by atoms with Crippen LogP contribution in [0.25, 0.3) is 0 Å². The molecule has 0 aliphatic heterocycles. The third kappa shape index (κ3) is 21.1. The molecule has 0 saturated heterocycles. The number of aliphatic hydroxyl groups excluding tert-OH is 3. The summed E-state index contributed by atoms with van der Waals surface area (Å²) in [6, 6.07) is -8.38. The zero-order valence-corrected chi connectivity index (χ0v) is 32.8. The summed E-state index contributed by atoms with van der Waals surface area (Å²) in [5.74, 6) is -7.22. The topological polar surface area (TPSA) is 366 Å². The minimum atomic E-state index is -1.70. The number of nitrogens with zero attached hydrogens (tertiary/aromatic N) is 1. The van der Waals surface area contributed by atoms with Crippen molar-refractivity contribution in [3.8, 4) is 0 Å². The summed E-state index contributed by atoms with van der Waals surface area (Å²) in [5, 5.41) is 53.8. The van der Waals surface area contributed by atoms with Gasteiger partial charge in [0.05, 0.1) is 26.4 Å². The van der Waals surface area contributed by atoms with E-state index in [9.17, 15) is 48.6 Å². The quantitative estimate of drug-likeness (QED) is 0.0201. The lowest BCUT2D eigenvalue weighted by molar-refractivity contribution is -0.143. The number of rotatable bonds is 28. The predicted octanol–water partition coefficient (Wildman–Crippen LogP) is -4.59. The average Bonchev–Trinajstić information content (AvgIpc) is 3.12. The van der Waals surface area contributed by atoms with E-state index < -0.39 is 104 Å². The number of guanidine groups is 1. The van der Waals surface area contributed by atoms with Crippen molar-refractivity contribution in [1.82, 2.24) is 37.2 Å². The minimum Gasteiger partial charge on any atom is -0.480 e. The van der Waals surface area contributed by atoms with Gasteiger partial charge < -0.3 is 69.1 Å². The molecule has 0 saturated carbocycles. The first-order valence-electron chi connectivity index (χ1n) is 18.5. The van der Waals surface area contributed by atoms with Crippen LogP contribution in [-0.2, 0) is 38.4 Å². The second-order valence-corrected chi connectivity index (χ2v) is 13.9. The van der Waals surface area contributed by atoms with E-state index in [0.717, 1.165) is 0 Å². The Hall–Kier alpha value is -5.09. The molecule has 0 aromatic rings. The number of aliphatic imine (C=N–C) groups is 1. The van der Waals surface area contributed by atoms with Crippen LogP contribution in [0, 0.1) is 11.8 Å². The first-order chi connectivity index (χ1) is 26.3. The number of hydrogen-bond acceptors (Lipinski definition) is 12. The number of amides is 7. The number of aliphatic carboxylic acids is 1. The van der Waals surface area contributed by atoms with Crippen LogP contribution in [0.2, 0.25) is 0 Å². The van der Waals surface area contributed by atoms with Gasteiger partial charge in [0.15, 0.2) is 5.96 Å². The number of carbonyl (C=O) groups is 8. The van der Waals surface area contributed by atoms with Crippen LogP contribution in [0.15, 0.2) is 4.99 Å². The molecular weight excluding hydrogens is 740 g/mol. The van der Waals surface area contributed by atoms with Crippen molar-refractivity contribution in [2.75, 3.05) is 32.9 Å². The van der Waals surface area contributed by atoms with Crippen molar-refractivity contribution in [3.63, 3.8) is 0 Å². The van der Waals surface area contributed by atoms with Gasteiger partial charge in [-0.2, -0.15) is 0 Å². The second kappa shape index (κ2) is 27.5. The van der Waals surface area contributed by atoms with Gasteiger partial charge in [-0.15, -0.1) is 0 Å². The van der Waals surface area contributed by atoms with Crippen molar-refractivity contribution in [1.29, 1.82) is 0 Å². The number of carboxylic acids is 1. The molecule has 0 aliphatic rings. The summed E-state index contributed by atoms with van der Waals surface area (Å²) >= 11 is 0. The van der Waals surface area contributed by atoms with E-state index in [4.69, 9.17) is 21.7 Å². The van der Waals surface area contributed by atoms with Crippen molar-refractivity contribution in [3.05, 3.63) is 0 Å². The number of carbonyl (C=O) groups excluding carboxylic acids is 7. The highest BCUT2D eigenvalue weighted by atomic mass is 16.4. The van der Waals surface area contributed by atoms with E-state index in [-0.39, 0.29) is 62.4 Å². The molecule has 0 aromatic carbocycles. The van der Waals surface area contributed by atoms with Gasteiger partial charge in [0.1, 0.15) is 36.3 Å². The van der Waals surface area contributed by atoms with Crippen LogP contribution < -0.4 is 48.7 Å². The Morgan fingerprint density at radius 3 is 1.52 bits per heavy atom. The number of aliphatic hydroxyl groups is 3. The van der Waals surface area contributed by atoms with E-state index in [1.807, 2.05) is 33.0 Å². The van der Waals surface area contributed by atoms with Crippen LogP contribution in [0.4, 0.5) is 0 Å². The lowest BCUT2D eigenvalue weighted by Gasteiger charge is -2.26. The number of nitrogens with two attached hydrogens (primary N) is 2. The van der Waals surface area contributed by atoms with Crippen LogP contribution in [0.1, 0.15) is 79.6 Å². The monoisotopic (exact) mass is 802 g/mol. The number of nitrogens with one attached hydrogen (secondary N) is 7. The molecular formula is C34H62N10O12. The van der Waals surface area contributed by atoms with Crippen molar-refractivity contribution in [2.45, 2.75) is 116 Å². The smallest absolute Gasteiger partial charge is 0.328 e. The van der Waals surface area contributed by atoms with E-state index in [1.165, 1.54) is 0 Å². The molecule has 0 aromatic heterocycles. The molecule has 0 bridgehead atoms. The van der Waals surface area contributed by atoms with Gasteiger partial charge in [0, 0.05) is 13.0 Å². The second-order valence-electron chi connectivity index (χ2n) is 13.9. The van der Waals surface area contributed by atoms with E-state index in [2.05, 4.69) is 36.9 Å². The largest absolute Gasteiger partial charge is 0.480 e. The lowest BCUT2D eigenvalue weighted by Crippen LogP contribution is -2.59. The molecule has 22 heteroatoms. The Morgan fingerprint density at radius 1 is 0.571 bits per heavy atom. The maximum atomic E-state index is 13.6. The third-order valence-corrected chi connectivity index (χ3v) is 7.97. The fraction of sp³-hybridized carbons (Fsp3) is 0.735. The SMILES string of the molecule is CCCC(NC(=O)C(CCCN=C(N)N)NC(=O)C(CC(C)C)NC(=O)CCC(C)C)C(=O)N[C@@H](CO)C(=O)NCC(=O)N[C@@H](CO)C(=O)NC(CO)C(=O)O. The first-order valence-corrected chi connectivity index (χ1v) is 18.5. The molecule has 56 heavy (non-hydrogen) atoms. The van der Waals surface area contributed by atoms with Gasteiger partial charge >= 0.3 is 5.97 Å². The fourth-order valence-electron chi connectivity index (χ4n) is 4.92.